The van der Waals surface area contributed by atoms with Gasteiger partial charge in [0.15, 0.2) is 5.78 Å². The molecular formula is C39H36O9. The average molecular weight is 649 g/mol. The molecule has 9 heteroatoms. The van der Waals surface area contributed by atoms with Crippen molar-refractivity contribution in [2.24, 2.45) is 5.92 Å². The van der Waals surface area contributed by atoms with E-state index in [2.05, 4.69) is 0 Å². The second kappa shape index (κ2) is 12.4. The second-order valence-corrected chi connectivity index (χ2v) is 12.7. The summed E-state index contributed by atoms with van der Waals surface area (Å²) in [5.74, 6) is -4.46. The van der Waals surface area contributed by atoms with Crippen molar-refractivity contribution in [3.05, 3.63) is 112 Å². The van der Waals surface area contributed by atoms with Crippen LogP contribution in [0.15, 0.2) is 94.4 Å². The number of ketones is 1. The number of carbonyl (C=O) groups is 1. The number of Topliss-reactive ketones (excluding diaryl/α,β-unsaturated/α-hetero) is 1. The molecule has 246 valence electrons. The van der Waals surface area contributed by atoms with Gasteiger partial charge in [0.1, 0.15) is 51.6 Å². The van der Waals surface area contributed by atoms with E-state index in [0.717, 1.165) is 22.6 Å². The number of hydrogen-bond acceptors (Lipinski definition) is 9. The van der Waals surface area contributed by atoms with Gasteiger partial charge in [-0.1, -0.05) is 29.4 Å². The standard InChI is InChI=1S/C39H36O9/c1-19(2)4-8-27-30(42)11-5-21-16-35(48-39(21)27)22-14-33(45)37(34(46)15-22)29-13-20(3)12-28(25-9-6-23(40)17-31(25)43)36(29)38(47)26-10-7-24(41)18-32(26)44/h4-7,9-11,13-18,28-29,36,40-46H,8,12H2,1-3H3. The van der Waals surface area contributed by atoms with Gasteiger partial charge < -0.3 is 40.2 Å². The number of allylic oxidation sites excluding steroid dienone is 4. The maximum atomic E-state index is 14.3. The molecule has 1 aromatic heterocycles. The number of rotatable bonds is 7. The molecule has 5 aromatic rings. The minimum atomic E-state index is -1.05. The maximum absolute atomic E-state index is 14.3. The zero-order chi connectivity index (χ0) is 34.4. The lowest BCUT2D eigenvalue weighted by Gasteiger charge is -2.37. The molecule has 0 saturated carbocycles. The second-order valence-electron chi connectivity index (χ2n) is 12.7. The van der Waals surface area contributed by atoms with Gasteiger partial charge in [-0.3, -0.25) is 4.79 Å². The Morgan fingerprint density at radius 1 is 0.792 bits per heavy atom. The highest BCUT2D eigenvalue weighted by atomic mass is 16.3. The summed E-state index contributed by atoms with van der Waals surface area (Å²) in [6, 6.07) is 15.7. The summed E-state index contributed by atoms with van der Waals surface area (Å²) >= 11 is 0. The third kappa shape index (κ3) is 5.90. The Morgan fingerprint density at radius 3 is 2.10 bits per heavy atom. The van der Waals surface area contributed by atoms with E-state index < -0.39 is 29.3 Å². The number of furan rings is 1. The van der Waals surface area contributed by atoms with E-state index >= 15 is 0 Å². The lowest BCUT2D eigenvalue weighted by atomic mass is 9.65. The van der Waals surface area contributed by atoms with E-state index in [-0.39, 0.29) is 45.6 Å². The highest BCUT2D eigenvalue weighted by molar-refractivity contribution is 6.02. The first kappa shape index (κ1) is 32.1. The minimum Gasteiger partial charge on any atom is -0.508 e. The van der Waals surface area contributed by atoms with Gasteiger partial charge in [-0.15, -0.1) is 0 Å². The number of carbonyl (C=O) groups excluding carboxylic acids is 1. The van der Waals surface area contributed by atoms with Crippen LogP contribution in [-0.2, 0) is 6.42 Å². The van der Waals surface area contributed by atoms with E-state index in [1.165, 1.54) is 42.5 Å². The first-order chi connectivity index (χ1) is 22.8. The molecule has 0 bridgehead atoms. The normalized spacial score (nSPS) is 17.6. The molecule has 1 aliphatic rings. The Balaban J connectivity index is 1.48. The Morgan fingerprint density at radius 2 is 1.46 bits per heavy atom. The van der Waals surface area contributed by atoms with Gasteiger partial charge in [0.2, 0.25) is 0 Å². The van der Waals surface area contributed by atoms with Crippen LogP contribution in [-0.4, -0.2) is 41.5 Å². The van der Waals surface area contributed by atoms with Crippen LogP contribution in [0, 0.1) is 5.92 Å². The van der Waals surface area contributed by atoms with Gasteiger partial charge in [0.05, 0.1) is 5.56 Å². The number of phenols is 7. The molecular weight excluding hydrogens is 612 g/mol. The van der Waals surface area contributed by atoms with Gasteiger partial charge in [-0.05, 0) is 87.7 Å². The van der Waals surface area contributed by atoms with Crippen LogP contribution in [0.5, 0.6) is 40.2 Å². The summed E-state index contributed by atoms with van der Waals surface area (Å²) in [6.07, 6.45) is 4.53. The molecule has 3 atom stereocenters. The number of benzene rings is 4. The molecule has 0 saturated heterocycles. The summed E-state index contributed by atoms with van der Waals surface area (Å²) in [5.41, 5.74) is 3.70. The third-order valence-electron chi connectivity index (χ3n) is 9.02. The molecule has 1 heterocycles. The predicted octanol–water partition coefficient (Wildman–Crippen LogP) is 8.26. The van der Waals surface area contributed by atoms with Gasteiger partial charge in [0.25, 0.3) is 0 Å². The van der Waals surface area contributed by atoms with Crippen LogP contribution in [0.2, 0.25) is 0 Å². The van der Waals surface area contributed by atoms with Crippen molar-refractivity contribution in [2.45, 2.75) is 45.4 Å². The summed E-state index contributed by atoms with van der Waals surface area (Å²) in [5, 5.41) is 75.8. The van der Waals surface area contributed by atoms with E-state index in [1.54, 1.807) is 24.3 Å². The van der Waals surface area contributed by atoms with Crippen molar-refractivity contribution in [3.63, 3.8) is 0 Å². The molecule has 1 aliphatic carbocycles. The smallest absolute Gasteiger partial charge is 0.171 e. The number of hydrogen-bond donors (Lipinski definition) is 7. The van der Waals surface area contributed by atoms with Crippen LogP contribution in [0.4, 0.5) is 0 Å². The van der Waals surface area contributed by atoms with Crippen molar-refractivity contribution >= 4 is 16.8 Å². The van der Waals surface area contributed by atoms with Gasteiger partial charge in [-0.25, -0.2) is 0 Å². The minimum absolute atomic E-state index is 0.0655. The van der Waals surface area contributed by atoms with E-state index in [9.17, 15) is 40.5 Å². The maximum Gasteiger partial charge on any atom is 0.171 e. The van der Waals surface area contributed by atoms with E-state index in [4.69, 9.17) is 4.42 Å². The van der Waals surface area contributed by atoms with Crippen molar-refractivity contribution in [3.8, 4) is 51.6 Å². The average Bonchev–Trinajstić information content (AvgIpc) is 3.44. The molecule has 4 aromatic carbocycles. The molecule has 6 rings (SSSR count). The lowest BCUT2D eigenvalue weighted by Crippen LogP contribution is -2.31. The van der Waals surface area contributed by atoms with Crippen LogP contribution < -0.4 is 0 Å². The Labute approximate surface area is 276 Å². The summed E-state index contributed by atoms with van der Waals surface area (Å²) in [6.45, 7) is 5.76. The van der Waals surface area contributed by atoms with Crippen molar-refractivity contribution in [1.29, 1.82) is 0 Å². The molecule has 0 radical (unpaired) electrons. The molecule has 0 spiro atoms. The molecule has 9 nitrogen and oxygen atoms in total. The van der Waals surface area contributed by atoms with Gasteiger partial charge >= 0.3 is 0 Å². The number of phenolic OH excluding ortho intramolecular Hbond substituents is 7. The van der Waals surface area contributed by atoms with Crippen LogP contribution in [0.1, 0.15) is 66.1 Å². The predicted molar refractivity (Wildman–Crippen MR) is 181 cm³/mol. The Bertz CT molecular complexity index is 2110. The SMILES string of the molecule is CC(C)=CCc1c(O)ccc2cc(-c3cc(O)c(C4C=C(C)CC(c5ccc(O)cc5O)C4C(=O)c4ccc(O)cc4O)c(O)c3)oc12. The lowest BCUT2D eigenvalue weighted by molar-refractivity contribution is 0.0876. The van der Waals surface area contributed by atoms with Crippen molar-refractivity contribution in [2.75, 3.05) is 0 Å². The summed E-state index contributed by atoms with van der Waals surface area (Å²) in [7, 11) is 0. The third-order valence-corrected chi connectivity index (χ3v) is 9.02. The van der Waals surface area contributed by atoms with Gasteiger partial charge in [0, 0.05) is 52.0 Å². The van der Waals surface area contributed by atoms with Crippen molar-refractivity contribution in [1.82, 2.24) is 0 Å². The molecule has 0 amide bonds. The van der Waals surface area contributed by atoms with Crippen LogP contribution >= 0.6 is 0 Å². The Hall–Kier alpha value is -5.83. The fourth-order valence-electron chi connectivity index (χ4n) is 6.77. The Kier molecular flexibility index (Phi) is 8.30. The first-order valence-corrected chi connectivity index (χ1v) is 15.5. The van der Waals surface area contributed by atoms with Gasteiger partial charge in [-0.2, -0.15) is 0 Å². The zero-order valence-corrected chi connectivity index (χ0v) is 26.6. The largest absolute Gasteiger partial charge is 0.508 e. The van der Waals surface area contributed by atoms with E-state index in [1.807, 2.05) is 26.8 Å². The number of fused-ring (bicyclic) bond motifs is 1. The van der Waals surface area contributed by atoms with Crippen LogP contribution in [0.3, 0.4) is 0 Å². The quantitative estimate of drug-likeness (QED) is 0.0677. The molecule has 48 heavy (non-hydrogen) atoms. The monoisotopic (exact) mass is 648 g/mol. The van der Waals surface area contributed by atoms with Crippen LogP contribution in [0.25, 0.3) is 22.3 Å². The first-order valence-electron chi connectivity index (χ1n) is 15.5. The highest BCUT2D eigenvalue weighted by Crippen LogP contribution is 2.53. The summed E-state index contributed by atoms with van der Waals surface area (Å²) < 4.78 is 6.17. The fraction of sp³-hybridized carbons (Fsp3) is 0.205. The zero-order valence-electron chi connectivity index (χ0n) is 26.6. The van der Waals surface area contributed by atoms with E-state index in [0.29, 0.717) is 40.9 Å². The molecule has 0 aliphatic heterocycles. The molecule has 7 N–H and O–H groups in total. The topological polar surface area (TPSA) is 172 Å². The summed E-state index contributed by atoms with van der Waals surface area (Å²) in [4.78, 5) is 14.3. The van der Waals surface area contributed by atoms with Crippen molar-refractivity contribution < 1.29 is 45.0 Å². The molecule has 3 unspecified atom stereocenters. The highest BCUT2D eigenvalue weighted by Gasteiger charge is 2.43. The number of aromatic hydroxyl groups is 7. The molecule has 0 fully saturated rings. The fourth-order valence-corrected chi connectivity index (χ4v) is 6.77.